The predicted octanol–water partition coefficient (Wildman–Crippen LogP) is 6.26. The smallest absolute Gasteiger partial charge is 0.0654 e. The Hall–Kier alpha value is -1.96. The fourth-order valence-electron chi connectivity index (χ4n) is 2.80. The maximum absolute atomic E-state index is 4.89. The van der Waals surface area contributed by atoms with Gasteiger partial charge in [-0.1, -0.05) is 25.5 Å². The van der Waals surface area contributed by atoms with E-state index in [4.69, 9.17) is 9.98 Å². The Labute approximate surface area is 190 Å². The van der Waals surface area contributed by atoms with Gasteiger partial charge >= 0.3 is 0 Å². The third-order valence-corrected chi connectivity index (χ3v) is 4.91. The summed E-state index contributed by atoms with van der Waals surface area (Å²) in [6.07, 6.45) is 5.11. The van der Waals surface area contributed by atoms with E-state index in [2.05, 4.69) is 87.1 Å². The number of rotatable bonds is 10. The summed E-state index contributed by atoms with van der Waals surface area (Å²) in [6, 6.07) is 16.7. The average molecular weight is 485 g/mol. The molecule has 0 aliphatic heterocycles. The third kappa shape index (κ3) is 8.13. The zero-order chi connectivity index (χ0) is 20.4. The van der Waals surface area contributed by atoms with E-state index in [0.717, 1.165) is 49.4 Å². The van der Waals surface area contributed by atoms with Crippen molar-refractivity contribution < 1.29 is 20.4 Å². The van der Waals surface area contributed by atoms with E-state index in [-0.39, 0.29) is 20.4 Å². The van der Waals surface area contributed by atoms with Crippen LogP contribution in [0, 0.1) is 0 Å². The molecule has 0 atom stereocenters. The number of nitrogens with zero attached hydrogens (tertiary/aromatic N) is 4. The Morgan fingerprint density at radius 3 is 1.97 bits per heavy atom. The Kier molecular flexibility index (Phi) is 11.5. The molecule has 0 aliphatic carbocycles. The van der Waals surface area contributed by atoms with Gasteiger partial charge in [0.1, 0.15) is 0 Å². The normalized spacial score (nSPS) is 11.4. The molecule has 0 unspecified atom stereocenters. The van der Waals surface area contributed by atoms with Crippen LogP contribution in [0.25, 0.3) is 0 Å². The molecule has 29 heavy (non-hydrogen) atoms. The van der Waals surface area contributed by atoms with Gasteiger partial charge in [0.25, 0.3) is 0 Å². The van der Waals surface area contributed by atoms with Crippen molar-refractivity contribution in [2.75, 3.05) is 37.0 Å². The molecule has 0 amide bonds. The van der Waals surface area contributed by atoms with Crippen molar-refractivity contribution in [3.8, 4) is 0 Å². The van der Waals surface area contributed by atoms with Crippen molar-refractivity contribution in [1.29, 1.82) is 0 Å². The van der Waals surface area contributed by atoms with Crippen molar-refractivity contribution in [2.24, 2.45) is 9.98 Å². The molecule has 160 valence electrons. The Morgan fingerprint density at radius 2 is 1.41 bits per heavy atom. The number of unbranched alkanes of at least 4 members (excludes halogenated alkanes) is 1. The first-order chi connectivity index (χ1) is 13.6. The van der Waals surface area contributed by atoms with Crippen molar-refractivity contribution in [2.45, 2.75) is 40.0 Å². The minimum atomic E-state index is 0. The zero-order valence-corrected chi connectivity index (χ0v) is 19.9. The first kappa shape index (κ1) is 25.1. The Bertz CT molecular complexity index is 801. The van der Waals surface area contributed by atoms with E-state index in [0.29, 0.717) is 0 Å². The van der Waals surface area contributed by atoms with Crippen molar-refractivity contribution in [1.82, 2.24) is 0 Å². The molecule has 0 N–H and O–H groups in total. The summed E-state index contributed by atoms with van der Waals surface area (Å²) in [4.78, 5) is 14.0. The summed E-state index contributed by atoms with van der Waals surface area (Å²) in [5, 5.41) is 0. The van der Waals surface area contributed by atoms with Crippen LogP contribution in [-0.4, -0.2) is 39.1 Å². The average Bonchev–Trinajstić information content (AvgIpc) is 2.74. The first-order valence-corrected chi connectivity index (χ1v) is 10.3. The third-order valence-electron chi connectivity index (χ3n) is 4.91. The van der Waals surface area contributed by atoms with Crippen molar-refractivity contribution >= 4 is 34.7 Å². The molecule has 0 aliphatic rings. The van der Waals surface area contributed by atoms with Crippen molar-refractivity contribution in [3.05, 3.63) is 48.5 Å². The molecule has 0 bridgehead atoms. The Morgan fingerprint density at radius 1 is 0.862 bits per heavy atom. The van der Waals surface area contributed by atoms with E-state index in [9.17, 15) is 0 Å². The van der Waals surface area contributed by atoms with Crippen LogP contribution in [-0.2, 0) is 20.4 Å². The van der Waals surface area contributed by atoms with Gasteiger partial charge in [-0.3, -0.25) is 9.98 Å². The minimum absolute atomic E-state index is 0. The van der Waals surface area contributed by atoms with Gasteiger partial charge in [-0.15, -0.1) is 0 Å². The van der Waals surface area contributed by atoms with Crippen LogP contribution in [0.4, 0.5) is 22.7 Å². The Balaban J connectivity index is 0.00000420. The summed E-state index contributed by atoms with van der Waals surface area (Å²) in [5.41, 5.74) is 5.33. The van der Waals surface area contributed by atoms with E-state index < -0.39 is 0 Å². The maximum atomic E-state index is 4.89. The van der Waals surface area contributed by atoms with E-state index in [1.165, 1.54) is 11.4 Å². The molecule has 0 aromatic heterocycles. The second-order valence-corrected chi connectivity index (χ2v) is 7.03. The molecule has 0 saturated heterocycles. The van der Waals surface area contributed by atoms with Gasteiger partial charge in [0.05, 0.1) is 17.1 Å². The number of benzene rings is 2. The number of aliphatic imine (C=N–C) groups is 2. The quantitative estimate of drug-likeness (QED) is 0.294. The molecule has 0 heterocycles. The molecule has 0 fully saturated rings. The van der Waals surface area contributed by atoms with Crippen LogP contribution >= 0.6 is 0 Å². The molecule has 0 spiro atoms. The molecule has 2 rings (SSSR count). The van der Waals surface area contributed by atoms with Crippen LogP contribution in [0.15, 0.2) is 58.5 Å². The molecule has 5 heteroatoms. The molecular formula is C24H34N4Pd. The zero-order valence-electron chi connectivity index (χ0n) is 18.3. The predicted molar refractivity (Wildman–Crippen MR) is 126 cm³/mol. The largest absolute Gasteiger partial charge is 0.375 e. The fourth-order valence-corrected chi connectivity index (χ4v) is 2.80. The van der Waals surface area contributed by atoms with Crippen LogP contribution in [0.5, 0.6) is 0 Å². The van der Waals surface area contributed by atoms with Gasteiger partial charge in [0.2, 0.25) is 0 Å². The fraction of sp³-hybridized carbons (Fsp3) is 0.417. The SMILES string of the molecule is CCCCC(C=Nc1cccc(N(C)CC)c1)=Nc1cccc(N(C)CC)c1.[Pd]. The van der Waals surface area contributed by atoms with Gasteiger partial charge in [0.15, 0.2) is 0 Å². The standard InChI is InChI=1S/C24H34N4.Pd/c1-6-9-12-22(26-21-14-11-16-24(18-21)28(5)8-3)19-25-20-13-10-15-23(17-20)27(4)7-2;/h10-11,13-19H,6-9,12H2,1-5H3;. The molecule has 0 radical (unpaired) electrons. The number of hydrogen-bond acceptors (Lipinski definition) is 4. The van der Waals surface area contributed by atoms with Crippen molar-refractivity contribution in [3.63, 3.8) is 0 Å². The topological polar surface area (TPSA) is 31.2 Å². The van der Waals surface area contributed by atoms with Crippen LogP contribution < -0.4 is 9.80 Å². The second kappa shape index (κ2) is 13.3. The van der Waals surface area contributed by atoms with Gasteiger partial charge in [-0.25, -0.2) is 0 Å². The molecule has 2 aromatic carbocycles. The summed E-state index contributed by atoms with van der Waals surface area (Å²) in [7, 11) is 4.19. The van der Waals surface area contributed by atoms with E-state index in [1.807, 2.05) is 12.3 Å². The first-order valence-electron chi connectivity index (χ1n) is 10.3. The van der Waals surface area contributed by atoms with E-state index >= 15 is 0 Å². The summed E-state index contributed by atoms with van der Waals surface area (Å²) < 4.78 is 0. The van der Waals surface area contributed by atoms with Gasteiger partial charge in [-0.05, 0) is 63.1 Å². The number of hydrogen-bond donors (Lipinski definition) is 0. The van der Waals surface area contributed by atoms with Crippen LogP contribution in [0.3, 0.4) is 0 Å². The molecule has 2 aromatic rings. The minimum Gasteiger partial charge on any atom is -0.375 e. The maximum Gasteiger partial charge on any atom is 0.0654 e. The summed E-state index contributed by atoms with van der Waals surface area (Å²) >= 11 is 0. The van der Waals surface area contributed by atoms with E-state index in [1.54, 1.807) is 0 Å². The molecule has 0 saturated carbocycles. The van der Waals surface area contributed by atoms with Crippen LogP contribution in [0.2, 0.25) is 0 Å². The monoisotopic (exact) mass is 484 g/mol. The second-order valence-electron chi connectivity index (χ2n) is 7.03. The van der Waals surface area contributed by atoms with Gasteiger partial charge in [0, 0.05) is 65.2 Å². The summed E-state index contributed by atoms with van der Waals surface area (Å²) in [5.74, 6) is 0. The molecule has 4 nitrogen and oxygen atoms in total. The molecular weight excluding hydrogens is 451 g/mol. The van der Waals surface area contributed by atoms with Gasteiger partial charge in [-0.2, -0.15) is 0 Å². The summed E-state index contributed by atoms with van der Waals surface area (Å²) in [6.45, 7) is 8.45. The van der Waals surface area contributed by atoms with Crippen LogP contribution in [0.1, 0.15) is 40.0 Å². The van der Waals surface area contributed by atoms with Gasteiger partial charge < -0.3 is 9.80 Å². The number of anilines is 2.